The Hall–Kier alpha value is -0.610. The van der Waals surface area contributed by atoms with Gasteiger partial charge in [-0.15, -0.1) is 0 Å². The number of nitrogens with zero attached hydrogens (tertiary/aromatic N) is 1. The number of rotatable bonds is 4. The van der Waals surface area contributed by atoms with Gasteiger partial charge in [0.15, 0.2) is 0 Å². The average molecular weight is 198 g/mol. The van der Waals surface area contributed by atoms with Crippen molar-refractivity contribution in [3.05, 3.63) is 0 Å². The minimum absolute atomic E-state index is 0.138. The lowest BCUT2D eigenvalue weighted by molar-refractivity contribution is -0.143. The molecule has 2 N–H and O–H groups in total. The monoisotopic (exact) mass is 198 g/mol. The van der Waals surface area contributed by atoms with Crippen LogP contribution in [0.3, 0.4) is 0 Å². The van der Waals surface area contributed by atoms with Crippen LogP contribution in [0.2, 0.25) is 0 Å². The first-order valence-electron chi connectivity index (χ1n) is 5.31. The van der Waals surface area contributed by atoms with Crippen LogP contribution < -0.4 is 5.73 Å². The molecule has 0 radical (unpaired) electrons. The van der Waals surface area contributed by atoms with Crippen LogP contribution >= 0.6 is 0 Å². The molecule has 1 amide bonds. The van der Waals surface area contributed by atoms with E-state index in [-0.39, 0.29) is 12.5 Å². The van der Waals surface area contributed by atoms with Gasteiger partial charge in [0.2, 0.25) is 5.91 Å². The van der Waals surface area contributed by atoms with Crippen LogP contribution in [0, 0.1) is 5.41 Å². The van der Waals surface area contributed by atoms with Gasteiger partial charge in [-0.2, -0.15) is 0 Å². The molecular formula is C10H18N2O2. The normalized spacial score (nSPS) is 25.2. The Morgan fingerprint density at radius 2 is 2.29 bits per heavy atom. The predicted octanol–water partition coefficient (Wildman–Crippen LogP) is -0.0258. The van der Waals surface area contributed by atoms with Gasteiger partial charge >= 0.3 is 0 Å². The first-order chi connectivity index (χ1) is 6.76. The summed E-state index contributed by atoms with van der Waals surface area (Å²) in [6, 6.07) is 0. The smallest absolute Gasteiger partial charge is 0.248 e. The van der Waals surface area contributed by atoms with Gasteiger partial charge in [0, 0.05) is 13.1 Å². The van der Waals surface area contributed by atoms with Gasteiger partial charge < -0.3 is 15.4 Å². The quantitative estimate of drug-likeness (QED) is 0.690. The van der Waals surface area contributed by atoms with Crippen molar-refractivity contribution in [2.45, 2.75) is 19.3 Å². The van der Waals surface area contributed by atoms with Crippen molar-refractivity contribution < 1.29 is 9.53 Å². The molecule has 14 heavy (non-hydrogen) atoms. The highest BCUT2D eigenvalue weighted by Gasteiger charge is 2.44. The van der Waals surface area contributed by atoms with Crippen molar-refractivity contribution in [3.8, 4) is 0 Å². The third kappa shape index (κ3) is 2.07. The fourth-order valence-corrected chi connectivity index (χ4v) is 2.09. The number of hydrogen-bond acceptors (Lipinski definition) is 3. The highest BCUT2D eigenvalue weighted by atomic mass is 16.5. The summed E-state index contributed by atoms with van der Waals surface area (Å²) in [5, 5.41) is 0. The Labute approximate surface area is 84.4 Å². The topological polar surface area (TPSA) is 55.6 Å². The molecular weight excluding hydrogens is 180 g/mol. The summed E-state index contributed by atoms with van der Waals surface area (Å²) in [5.74, 6) is 0.138. The molecule has 2 fully saturated rings. The third-order valence-corrected chi connectivity index (χ3v) is 3.24. The Bertz CT molecular complexity index is 226. The molecule has 0 aromatic carbocycles. The summed E-state index contributed by atoms with van der Waals surface area (Å²) in [6.07, 6.45) is 3.52. The second-order valence-corrected chi connectivity index (χ2v) is 4.41. The van der Waals surface area contributed by atoms with E-state index in [1.165, 1.54) is 12.8 Å². The summed E-state index contributed by atoms with van der Waals surface area (Å²) in [4.78, 5) is 13.4. The molecule has 1 aliphatic heterocycles. The molecule has 1 heterocycles. The van der Waals surface area contributed by atoms with Crippen molar-refractivity contribution in [1.29, 1.82) is 0 Å². The van der Waals surface area contributed by atoms with Crippen LogP contribution in [0.25, 0.3) is 0 Å². The van der Waals surface area contributed by atoms with E-state index in [0.29, 0.717) is 12.0 Å². The van der Waals surface area contributed by atoms with Gasteiger partial charge in [0.25, 0.3) is 0 Å². The molecule has 0 aromatic rings. The van der Waals surface area contributed by atoms with Crippen molar-refractivity contribution in [1.82, 2.24) is 4.90 Å². The van der Waals surface area contributed by atoms with Crippen molar-refractivity contribution in [3.63, 3.8) is 0 Å². The van der Waals surface area contributed by atoms with Crippen LogP contribution in [0.1, 0.15) is 19.3 Å². The first-order valence-corrected chi connectivity index (χ1v) is 5.31. The second-order valence-electron chi connectivity index (χ2n) is 4.41. The van der Waals surface area contributed by atoms with Crippen molar-refractivity contribution in [2.24, 2.45) is 11.1 Å². The first kappa shape index (κ1) is 9.93. The van der Waals surface area contributed by atoms with Gasteiger partial charge in [0.1, 0.15) is 6.61 Å². The maximum absolute atomic E-state index is 11.5. The molecule has 0 aromatic heterocycles. The van der Waals surface area contributed by atoms with E-state index in [9.17, 15) is 4.79 Å². The zero-order chi connectivity index (χ0) is 10.0. The van der Waals surface area contributed by atoms with Crippen LogP contribution in [0.5, 0.6) is 0 Å². The van der Waals surface area contributed by atoms with E-state index in [1.807, 2.05) is 4.90 Å². The van der Waals surface area contributed by atoms with Gasteiger partial charge in [-0.05, 0) is 31.2 Å². The summed E-state index contributed by atoms with van der Waals surface area (Å²) in [5.41, 5.74) is 5.93. The van der Waals surface area contributed by atoms with Crippen molar-refractivity contribution >= 4 is 5.91 Å². The third-order valence-electron chi connectivity index (χ3n) is 3.24. The Balaban J connectivity index is 1.86. The molecule has 80 valence electrons. The largest absolute Gasteiger partial charge is 0.370 e. The fraction of sp³-hybridized carbons (Fsp3) is 0.900. The Morgan fingerprint density at radius 1 is 1.50 bits per heavy atom. The predicted molar refractivity (Wildman–Crippen MR) is 52.7 cm³/mol. The molecule has 2 rings (SSSR count). The fourth-order valence-electron chi connectivity index (χ4n) is 2.09. The molecule has 4 nitrogen and oxygen atoms in total. The molecule has 1 saturated heterocycles. The summed E-state index contributed by atoms with van der Waals surface area (Å²) < 4.78 is 5.09. The van der Waals surface area contributed by atoms with E-state index < -0.39 is 0 Å². The van der Waals surface area contributed by atoms with Crippen LogP contribution in [-0.2, 0) is 9.53 Å². The maximum atomic E-state index is 11.5. The lowest BCUT2D eigenvalue weighted by atomic mass is 10.0. The van der Waals surface area contributed by atoms with Crippen LogP contribution in [0.15, 0.2) is 0 Å². The van der Waals surface area contributed by atoms with E-state index in [1.54, 1.807) is 0 Å². The number of hydrogen-bond donors (Lipinski definition) is 1. The van der Waals surface area contributed by atoms with E-state index in [2.05, 4.69) is 0 Å². The van der Waals surface area contributed by atoms with Crippen LogP contribution in [-0.4, -0.2) is 43.7 Å². The van der Waals surface area contributed by atoms with Gasteiger partial charge in [0.05, 0.1) is 6.61 Å². The lowest BCUT2D eigenvalue weighted by Gasteiger charge is -2.30. The zero-order valence-electron chi connectivity index (χ0n) is 8.50. The van der Waals surface area contributed by atoms with E-state index in [4.69, 9.17) is 10.5 Å². The number of morpholine rings is 1. The molecule has 4 heteroatoms. The standard InChI is InChI=1S/C10H18N2O2/c11-4-3-10(1-2-10)8-12-5-6-14-7-9(12)13/h1-8,11H2. The number of ether oxygens (including phenoxy) is 1. The number of carbonyl (C=O) groups is 1. The molecule has 0 bridgehead atoms. The molecule has 0 unspecified atom stereocenters. The molecule has 0 spiro atoms. The number of amides is 1. The summed E-state index contributed by atoms with van der Waals surface area (Å²) >= 11 is 0. The highest BCUT2D eigenvalue weighted by molar-refractivity contribution is 5.78. The minimum Gasteiger partial charge on any atom is -0.370 e. The minimum atomic E-state index is 0.138. The molecule has 2 aliphatic rings. The molecule has 1 saturated carbocycles. The van der Waals surface area contributed by atoms with Crippen LogP contribution in [0.4, 0.5) is 0 Å². The summed E-state index contributed by atoms with van der Waals surface area (Å²) in [6.45, 7) is 3.33. The second kappa shape index (κ2) is 3.87. The van der Waals surface area contributed by atoms with Gasteiger partial charge in [-0.25, -0.2) is 0 Å². The highest BCUT2D eigenvalue weighted by Crippen LogP contribution is 2.49. The average Bonchev–Trinajstić information content (AvgIpc) is 2.90. The maximum Gasteiger partial charge on any atom is 0.248 e. The Morgan fingerprint density at radius 3 is 2.86 bits per heavy atom. The van der Waals surface area contributed by atoms with E-state index in [0.717, 1.165) is 26.1 Å². The number of nitrogens with two attached hydrogens (primary N) is 1. The number of carbonyl (C=O) groups excluding carboxylic acids is 1. The summed E-state index contributed by atoms with van der Waals surface area (Å²) in [7, 11) is 0. The Kier molecular flexibility index (Phi) is 2.74. The zero-order valence-corrected chi connectivity index (χ0v) is 8.50. The molecule has 1 aliphatic carbocycles. The van der Waals surface area contributed by atoms with Gasteiger partial charge in [-0.1, -0.05) is 0 Å². The lowest BCUT2D eigenvalue weighted by Crippen LogP contribution is -2.44. The SMILES string of the molecule is NCCC1(CN2CCOCC2=O)CC1. The van der Waals surface area contributed by atoms with Gasteiger partial charge in [-0.3, -0.25) is 4.79 Å². The van der Waals surface area contributed by atoms with E-state index >= 15 is 0 Å². The van der Waals surface area contributed by atoms with Crippen molar-refractivity contribution in [2.75, 3.05) is 32.8 Å². The molecule has 0 atom stereocenters.